The van der Waals surface area contributed by atoms with Crippen LogP contribution in [0.2, 0.25) is 10.0 Å². The second-order valence-electron chi connectivity index (χ2n) is 4.70. The zero-order valence-electron chi connectivity index (χ0n) is 11.8. The van der Waals surface area contributed by atoms with Crippen LogP contribution in [-0.4, -0.2) is 12.5 Å². The van der Waals surface area contributed by atoms with E-state index in [4.69, 9.17) is 27.9 Å². The summed E-state index contributed by atoms with van der Waals surface area (Å²) in [7, 11) is 0. The number of carbonyl (C=O) groups excluding carboxylic acids is 1. The van der Waals surface area contributed by atoms with E-state index in [9.17, 15) is 9.18 Å². The van der Waals surface area contributed by atoms with Crippen LogP contribution in [0.3, 0.4) is 0 Å². The minimum absolute atomic E-state index is 0.174. The van der Waals surface area contributed by atoms with Crippen LogP contribution in [0.1, 0.15) is 18.5 Å². The summed E-state index contributed by atoms with van der Waals surface area (Å²) in [4.78, 5) is 11.9. The van der Waals surface area contributed by atoms with Crippen LogP contribution in [-0.2, 0) is 4.79 Å². The lowest BCUT2D eigenvalue weighted by molar-refractivity contribution is -0.123. The van der Waals surface area contributed by atoms with Crippen LogP contribution in [0.15, 0.2) is 42.5 Å². The minimum atomic E-state index is -0.317. The van der Waals surface area contributed by atoms with Gasteiger partial charge >= 0.3 is 0 Å². The lowest BCUT2D eigenvalue weighted by Crippen LogP contribution is -2.31. The Labute approximate surface area is 138 Å². The van der Waals surface area contributed by atoms with Gasteiger partial charge in [0.25, 0.3) is 5.91 Å². The summed E-state index contributed by atoms with van der Waals surface area (Å²) in [5.74, 6) is -0.235. The van der Waals surface area contributed by atoms with E-state index in [1.165, 1.54) is 18.2 Å². The molecule has 0 aromatic heterocycles. The predicted molar refractivity (Wildman–Crippen MR) is 84.9 cm³/mol. The van der Waals surface area contributed by atoms with Crippen LogP contribution >= 0.6 is 23.2 Å². The van der Waals surface area contributed by atoms with Gasteiger partial charge in [0, 0.05) is 5.02 Å². The number of amides is 1. The molecule has 1 N–H and O–H groups in total. The molecule has 0 aliphatic heterocycles. The van der Waals surface area contributed by atoms with Gasteiger partial charge in [-0.05, 0) is 42.8 Å². The van der Waals surface area contributed by atoms with E-state index >= 15 is 0 Å². The first-order valence-corrected chi connectivity index (χ1v) is 7.34. The predicted octanol–water partition coefficient (Wildman–Crippen LogP) is 4.39. The van der Waals surface area contributed by atoms with E-state index in [1.807, 2.05) is 0 Å². The van der Waals surface area contributed by atoms with Crippen LogP contribution < -0.4 is 10.1 Å². The molecule has 1 unspecified atom stereocenters. The molecular formula is C16H14Cl2FNO2. The van der Waals surface area contributed by atoms with Gasteiger partial charge in [0.1, 0.15) is 11.6 Å². The maximum Gasteiger partial charge on any atom is 0.258 e. The van der Waals surface area contributed by atoms with Crippen molar-refractivity contribution in [3.8, 4) is 5.75 Å². The molecule has 0 saturated heterocycles. The van der Waals surface area contributed by atoms with Crippen molar-refractivity contribution in [2.45, 2.75) is 13.0 Å². The molecule has 0 saturated carbocycles. The number of carbonyl (C=O) groups is 1. The highest BCUT2D eigenvalue weighted by Crippen LogP contribution is 2.27. The van der Waals surface area contributed by atoms with Crippen molar-refractivity contribution in [1.82, 2.24) is 5.32 Å². The highest BCUT2D eigenvalue weighted by atomic mass is 35.5. The molecule has 0 aliphatic carbocycles. The Bertz CT molecular complexity index is 662. The Morgan fingerprint density at radius 1 is 1.23 bits per heavy atom. The van der Waals surface area contributed by atoms with Crippen molar-refractivity contribution in [2.75, 3.05) is 6.61 Å². The molecule has 0 radical (unpaired) electrons. The largest absolute Gasteiger partial charge is 0.482 e. The van der Waals surface area contributed by atoms with Crippen LogP contribution in [0.4, 0.5) is 4.39 Å². The molecule has 2 rings (SSSR count). The molecule has 3 nitrogen and oxygen atoms in total. The third-order valence-electron chi connectivity index (χ3n) is 3.00. The average Bonchev–Trinajstić information content (AvgIpc) is 2.47. The van der Waals surface area contributed by atoms with Gasteiger partial charge in [-0.1, -0.05) is 35.3 Å². The highest BCUT2D eigenvalue weighted by molar-refractivity contribution is 6.35. The normalized spacial score (nSPS) is 11.8. The van der Waals surface area contributed by atoms with Gasteiger partial charge < -0.3 is 10.1 Å². The minimum Gasteiger partial charge on any atom is -0.482 e. The summed E-state index contributed by atoms with van der Waals surface area (Å²) in [6.45, 7) is 1.63. The fraction of sp³-hybridized carbons (Fsp3) is 0.188. The molecular weight excluding hydrogens is 328 g/mol. The molecule has 6 heteroatoms. The number of ether oxygens (including phenoxy) is 1. The molecule has 0 spiro atoms. The number of benzene rings is 2. The first-order valence-electron chi connectivity index (χ1n) is 6.58. The number of hydrogen-bond donors (Lipinski definition) is 1. The van der Waals surface area contributed by atoms with Crippen LogP contribution in [0.25, 0.3) is 0 Å². The summed E-state index contributed by atoms with van der Waals surface area (Å²) in [5.41, 5.74) is 0.805. The van der Waals surface area contributed by atoms with Crippen molar-refractivity contribution >= 4 is 29.1 Å². The van der Waals surface area contributed by atoms with Gasteiger partial charge in [0.15, 0.2) is 6.61 Å². The Hall–Kier alpha value is -1.78. The highest BCUT2D eigenvalue weighted by Gasteiger charge is 2.11. The smallest absolute Gasteiger partial charge is 0.258 e. The summed E-state index contributed by atoms with van der Waals surface area (Å²) in [6, 6.07) is 10.5. The van der Waals surface area contributed by atoms with Gasteiger partial charge in [-0.25, -0.2) is 4.39 Å². The standard InChI is InChI=1S/C16H14Cl2FNO2/c1-10(11-2-5-13(19)6-3-11)20-16(21)9-22-15-7-4-12(17)8-14(15)18/h2-8,10H,9H2,1H3,(H,20,21). The molecule has 0 heterocycles. The summed E-state index contributed by atoms with van der Waals surface area (Å²) < 4.78 is 18.2. The summed E-state index contributed by atoms with van der Waals surface area (Å²) in [6.07, 6.45) is 0. The lowest BCUT2D eigenvalue weighted by atomic mass is 10.1. The van der Waals surface area contributed by atoms with Crippen molar-refractivity contribution in [2.24, 2.45) is 0 Å². The molecule has 1 amide bonds. The zero-order chi connectivity index (χ0) is 16.1. The Balaban J connectivity index is 1.88. The molecule has 0 aliphatic rings. The number of hydrogen-bond acceptors (Lipinski definition) is 2. The van der Waals surface area contributed by atoms with E-state index in [0.29, 0.717) is 15.8 Å². The summed E-state index contributed by atoms with van der Waals surface area (Å²) >= 11 is 11.7. The topological polar surface area (TPSA) is 38.3 Å². The Morgan fingerprint density at radius 2 is 1.91 bits per heavy atom. The van der Waals surface area contributed by atoms with Crippen molar-refractivity contribution in [1.29, 1.82) is 0 Å². The molecule has 22 heavy (non-hydrogen) atoms. The van der Waals surface area contributed by atoms with Gasteiger partial charge in [0.2, 0.25) is 0 Å². The number of rotatable bonds is 5. The molecule has 0 bridgehead atoms. The monoisotopic (exact) mass is 341 g/mol. The SMILES string of the molecule is CC(NC(=O)COc1ccc(Cl)cc1Cl)c1ccc(F)cc1. The van der Waals surface area contributed by atoms with E-state index in [-0.39, 0.29) is 24.4 Å². The van der Waals surface area contributed by atoms with E-state index in [2.05, 4.69) is 5.32 Å². The van der Waals surface area contributed by atoms with Crippen LogP contribution in [0, 0.1) is 5.82 Å². The van der Waals surface area contributed by atoms with Gasteiger partial charge in [-0.3, -0.25) is 4.79 Å². The first-order chi connectivity index (χ1) is 10.5. The first kappa shape index (κ1) is 16.6. The fourth-order valence-corrected chi connectivity index (χ4v) is 2.32. The Kier molecular flexibility index (Phi) is 5.63. The molecule has 2 aromatic carbocycles. The third kappa shape index (κ3) is 4.61. The molecule has 2 aromatic rings. The molecule has 0 fully saturated rings. The molecule has 1 atom stereocenters. The second kappa shape index (κ2) is 7.47. The fourth-order valence-electron chi connectivity index (χ4n) is 1.85. The van der Waals surface area contributed by atoms with E-state index < -0.39 is 0 Å². The third-order valence-corrected chi connectivity index (χ3v) is 3.53. The van der Waals surface area contributed by atoms with E-state index in [1.54, 1.807) is 31.2 Å². The lowest BCUT2D eigenvalue weighted by Gasteiger charge is -2.15. The van der Waals surface area contributed by atoms with Gasteiger partial charge in [0.05, 0.1) is 11.1 Å². The number of nitrogens with one attached hydrogen (secondary N) is 1. The van der Waals surface area contributed by atoms with Gasteiger partial charge in [-0.15, -0.1) is 0 Å². The Morgan fingerprint density at radius 3 is 2.55 bits per heavy atom. The zero-order valence-corrected chi connectivity index (χ0v) is 13.3. The van der Waals surface area contributed by atoms with Crippen LogP contribution in [0.5, 0.6) is 5.75 Å². The maximum absolute atomic E-state index is 12.9. The number of halogens is 3. The van der Waals surface area contributed by atoms with Crippen molar-refractivity contribution in [3.05, 3.63) is 63.9 Å². The average molecular weight is 342 g/mol. The van der Waals surface area contributed by atoms with Gasteiger partial charge in [-0.2, -0.15) is 0 Å². The quantitative estimate of drug-likeness (QED) is 0.875. The second-order valence-corrected chi connectivity index (χ2v) is 5.55. The summed E-state index contributed by atoms with van der Waals surface area (Å²) in [5, 5.41) is 3.59. The van der Waals surface area contributed by atoms with E-state index in [0.717, 1.165) is 5.56 Å². The molecule has 116 valence electrons. The van der Waals surface area contributed by atoms with Crippen molar-refractivity contribution < 1.29 is 13.9 Å². The maximum atomic E-state index is 12.9. The van der Waals surface area contributed by atoms with Crippen molar-refractivity contribution in [3.63, 3.8) is 0 Å².